The minimum Gasteiger partial charge on any atom is -0.456 e. The SMILES string of the molecule is c1ccc2c(c1)SCc1nc3ccc(-c4cccc5oc6ccccc6c45)cc3n1-2. The number of para-hydroxylation sites is 2. The molecule has 3 nitrogen and oxygen atoms in total. The molecule has 3 heterocycles. The van der Waals surface area contributed by atoms with Crippen LogP contribution in [0.1, 0.15) is 5.82 Å². The number of furan rings is 1. The van der Waals surface area contributed by atoms with E-state index in [0.29, 0.717) is 0 Å². The fourth-order valence-electron chi connectivity index (χ4n) is 4.58. The Morgan fingerprint density at radius 3 is 2.70 bits per heavy atom. The van der Waals surface area contributed by atoms with Crippen molar-refractivity contribution in [3.05, 3.63) is 90.8 Å². The van der Waals surface area contributed by atoms with Crippen molar-refractivity contribution in [2.75, 3.05) is 0 Å². The summed E-state index contributed by atoms with van der Waals surface area (Å²) >= 11 is 1.86. The highest BCUT2D eigenvalue weighted by Crippen LogP contribution is 2.40. The molecule has 0 aliphatic carbocycles. The van der Waals surface area contributed by atoms with Gasteiger partial charge in [0.2, 0.25) is 0 Å². The van der Waals surface area contributed by atoms with Crippen molar-refractivity contribution in [2.45, 2.75) is 10.6 Å². The Labute approximate surface area is 177 Å². The summed E-state index contributed by atoms with van der Waals surface area (Å²) in [5, 5.41) is 2.32. The van der Waals surface area contributed by atoms with Gasteiger partial charge in [-0.1, -0.05) is 48.5 Å². The number of hydrogen-bond acceptors (Lipinski definition) is 3. The fourth-order valence-corrected chi connectivity index (χ4v) is 5.54. The number of fused-ring (bicyclic) bond motifs is 8. The number of aromatic nitrogens is 2. The van der Waals surface area contributed by atoms with Crippen LogP contribution in [0.15, 0.2) is 94.2 Å². The predicted molar refractivity (Wildman–Crippen MR) is 123 cm³/mol. The molecule has 4 aromatic carbocycles. The van der Waals surface area contributed by atoms with Gasteiger partial charge in [-0.3, -0.25) is 4.57 Å². The Balaban J connectivity index is 1.53. The summed E-state index contributed by atoms with van der Waals surface area (Å²) in [5.74, 6) is 2.00. The van der Waals surface area contributed by atoms with Crippen LogP contribution in [0, 0.1) is 0 Å². The van der Waals surface area contributed by atoms with E-state index in [1.54, 1.807) is 0 Å². The standard InChI is InChI=1S/C26H16N2OS/c1-3-9-22-18(6-1)26-17(7-5-10-23(26)29-22)16-12-13-19-21(14-16)28-20-8-2-4-11-24(20)30-15-25(28)27-19/h1-14H,15H2. The van der Waals surface area contributed by atoms with Crippen LogP contribution in [0.4, 0.5) is 0 Å². The predicted octanol–water partition coefficient (Wildman–Crippen LogP) is 7.20. The lowest BCUT2D eigenvalue weighted by atomic mass is 9.99. The largest absolute Gasteiger partial charge is 0.456 e. The van der Waals surface area contributed by atoms with Crippen LogP contribution < -0.4 is 0 Å². The molecule has 30 heavy (non-hydrogen) atoms. The number of nitrogens with zero attached hydrogens (tertiary/aromatic N) is 2. The van der Waals surface area contributed by atoms with Gasteiger partial charge in [-0.25, -0.2) is 4.98 Å². The molecule has 6 aromatic rings. The molecule has 0 bridgehead atoms. The summed E-state index contributed by atoms with van der Waals surface area (Å²) in [6.45, 7) is 0. The summed E-state index contributed by atoms with van der Waals surface area (Å²) in [6.07, 6.45) is 0. The van der Waals surface area contributed by atoms with Gasteiger partial charge in [0.1, 0.15) is 17.0 Å². The molecule has 142 valence electrons. The second-order valence-corrected chi connectivity index (χ2v) is 8.62. The lowest BCUT2D eigenvalue weighted by Gasteiger charge is -2.18. The maximum absolute atomic E-state index is 6.10. The lowest BCUT2D eigenvalue weighted by Crippen LogP contribution is -2.06. The van der Waals surface area contributed by atoms with E-state index in [-0.39, 0.29) is 0 Å². The van der Waals surface area contributed by atoms with Crippen LogP contribution >= 0.6 is 11.8 Å². The Kier molecular flexibility index (Phi) is 3.26. The zero-order valence-electron chi connectivity index (χ0n) is 16.0. The van der Waals surface area contributed by atoms with Crippen molar-refractivity contribution >= 4 is 44.7 Å². The minimum atomic E-state index is 0.892. The highest BCUT2D eigenvalue weighted by Gasteiger charge is 2.21. The summed E-state index contributed by atoms with van der Waals surface area (Å²) < 4.78 is 8.42. The van der Waals surface area contributed by atoms with E-state index in [1.165, 1.54) is 27.1 Å². The van der Waals surface area contributed by atoms with Gasteiger partial charge >= 0.3 is 0 Å². The Hall–Kier alpha value is -3.50. The third kappa shape index (κ3) is 2.20. The Bertz CT molecular complexity index is 1610. The molecule has 0 radical (unpaired) electrons. The molecule has 0 atom stereocenters. The quantitative estimate of drug-likeness (QED) is 0.290. The van der Waals surface area contributed by atoms with Gasteiger partial charge in [-0.15, -0.1) is 11.8 Å². The van der Waals surface area contributed by atoms with Gasteiger partial charge in [-0.05, 0) is 47.5 Å². The van der Waals surface area contributed by atoms with E-state index < -0.39 is 0 Å². The van der Waals surface area contributed by atoms with Gasteiger partial charge < -0.3 is 4.42 Å². The van der Waals surface area contributed by atoms with Crippen LogP contribution in [-0.2, 0) is 5.75 Å². The zero-order valence-corrected chi connectivity index (χ0v) is 16.8. The first-order chi connectivity index (χ1) is 14.9. The first-order valence-corrected chi connectivity index (χ1v) is 11.0. The van der Waals surface area contributed by atoms with E-state index in [0.717, 1.165) is 39.2 Å². The van der Waals surface area contributed by atoms with Gasteiger partial charge in [0.25, 0.3) is 0 Å². The molecule has 0 spiro atoms. The average molecular weight is 404 g/mol. The van der Waals surface area contributed by atoms with Crippen molar-refractivity contribution in [2.24, 2.45) is 0 Å². The van der Waals surface area contributed by atoms with E-state index in [1.807, 2.05) is 30.0 Å². The van der Waals surface area contributed by atoms with Gasteiger partial charge in [0.15, 0.2) is 0 Å². The second kappa shape index (κ2) is 6.00. The highest BCUT2D eigenvalue weighted by molar-refractivity contribution is 7.98. The maximum Gasteiger partial charge on any atom is 0.136 e. The molecule has 0 saturated carbocycles. The van der Waals surface area contributed by atoms with Crippen LogP contribution in [0.2, 0.25) is 0 Å². The maximum atomic E-state index is 6.10. The molecule has 0 N–H and O–H groups in total. The molecular formula is C26H16N2OS. The third-order valence-corrected chi connectivity index (χ3v) is 6.96. The molecule has 1 aliphatic heterocycles. The van der Waals surface area contributed by atoms with Crippen molar-refractivity contribution in [1.82, 2.24) is 9.55 Å². The summed E-state index contributed by atoms with van der Waals surface area (Å²) in [7, 11) is 0. The second-order valence-electron chi connectivity index (χ2n) is 7.60. The van der Waals surface area contributed by atoms with Crippen molar-refractivity contribution < 1.29 is 4.42 Å². The Morgan fingerprint density at radius 1 is 0.833 bits per heavy atom. The minimum absolute atomic E-state index is 0.892. The topological polar surface area (TPSA) is 31.0 Å². The van der Waals surface area contributed by atoms with E-state index >= 15 is 0 Å². The van der Waals surface area contributed by atoms with E-state index in [9.17, 15) is 0 Å². The monoisotopic (exact) mass is 404 g/mol. The molecule has 0 saturated heterocycles. The fraction of sp³-hybridized carbons (Fsp3) is 0.0385. The number of hydrogen-bond donors (Lipinski definition) is 0. The third-order valence-electron chi connectivity index (χ3n) is 5.90. The summed E-state index contributed by atoms with van der Waals surface area (Å²) in [6, 6.07) is 29.7. The molecule has 4 heteroatoms. The van der Waals surface area contributed by atoms with Gasteiger partial charge in [-0.2, -0.15) is 0 Å². The van der Waals surface area contributed by atoms with E-state index in [4.69, 9.17) is 9.40 Å². The average Bonchev–Trinajstić information content (AvgIpc) is 3.37. The molecule has 7 rings (SSSR count). The highest BCUT2D eigenvalue weighted by atomic mass is 32.2. The normalized spacial score (nSPS) is 13.1. The number of benzene rings is 4. The Morgan fingerprint density at radius 2 is 1.70 bits per heavy atom. The van der Waals surface area contributed by atoms with Crippen LogP contribution in [0.3, 0.4) is 0 Å². The summed E-state index contributed by atoms with van der Waals surface area (Å²) in [5.41, 5.74) is 7.62. The lowest BCUT2D eigenvalue weighted by molar-refractivity contribution is 0.669. The number of thioether (sulfide) groups is 1. The van der Waals surface area contributed by atoms with Crippen LogP contribution in [0.5, 0.6) is 0 Å². The molecule has 2 aromatic heterocycles. The molecule has 0 unspecified atom stereocenters. The first kappa shape index (κ1) is 16.3. The van der Waals surface area contributed by atoms with Gasteiger partial charge in [0.05, 0.1) is 22.5 Å². The molecule has 1 aliphatic rings. The van der Waals surface area contributed by atoms with Crippen LogP contribution in [0.25, 0.3) is 49.8 Å². The number of rotatable bonds is 1. The van der Waals surface area contributed by atoms with Crippen LogP contribution in [-0.4, -0.2) is 9.55 Å². The zero-order chi connectivity index (χ0) is 19.7. The van der Waals surface area contributed by atoms with E-state index in [2.05, 4.69) is 71.3 Å². The smallest absolute Gasteiger partial charge is 0.136 e. The molecular weight excluding hydrogens is 388 g/mol. The van der Waals surface area contributed by atoms with Gasteiger partial charge in [0, 0.05) is 15.7 Å². The van der Waals surface area contributed by atoms with Crippen molar-refractivity contribution in [3.63, 3.8) is 0 Å². The molecule has 0 amide bonds. The van der Waals surface area contributed by atoms with Crippen molar-refractivity contribution in [1.29, 1.82) is 0 Å². The molecule has 0 fully saturated rings. The first-order valence-electron chi connectivity index (χ1n) is 10.0. The number of imidazole rings is 1. The summed E-state index contributed by atoms with van der Waals surface area (Å²) in [4.78, 5) is 6.22. The van der Waals surface area contributed by atoms with Crippen molar-refractivity contribution in [3.8, 4) is 16.8 Å².